The van der Waals surface area contributed by atoms with E-state index in [-0.39, 0.29) is 0 Å². The summed E-state index contributed by atoms with van der Waals surface area (Å²) in [4.78, 5) is 0. The first-order valence-electron chi connectivity index (χ1n) is 6.35. The van der Waals surface area contributed by atoms with Gasteiger partial charge in [-0.2, -0.15) is 0 Å². The smallest absolute Gasteiger partial charge is 0.0244 e. The minimum atomic E-state index is 0.554. The Kier molecular flexibility index (Phi) is 3.33. The molecule has 0 heteroatoms. The highest BCUT2D eigenvalue weighted by atomic mass is 14.6. The molecule has 2 atom stereocenters. The van der Waals surface area contributed by atoms with E-state index in [1.54, 1.807) is 0 Å². The van der Waals surface area contributed by atoms with Crippen LogP contribution in [0.3, 0.4) is 0 Å². The third-order valence-corrected chi connectivity index (χ3v) is 5.02. The molecule has 14 heavy (non-hydrogen) atoms. The van der Waals surface area contributed by atoms with Crippen LogP contribution in [0, 0.1) is 22.7 Å². The van der Waals surface area contributed by atoms with Crippen molar-refractivity contribution < 1.29 is 0 Å². The third-order valence-electron chi connectivity index (χ3n) is 5.02. The van der Waals surface area contributed by atoms with Crippen molar-refractivity contribution in [1.29, 1.82) is 0 Å². The first-order chi connectivity index (χ1) is 6.35. The molecule has 2 unspecified atom stereocenters. The van der Waals surface area contributed by atoms with Gasteiger partial charge in [0.2, 0.25) is 0 Å². The van der Waals surface area contributed by atoms with Gasteiger partial charge in [0.05, 0.1) is 0 Å². The molecule has 84 valence electrons. The quantitative estimate of drug-likeness (QED) is 0.603. The number of hydrogen-bond donors (Lipinski definition) is 0. The van der Waals surface area contributed by atoms with Crippen LogP contribution < -0.4 is 0 Å². The summed E-state index contributed by atoms with van der Waals surface area (Å²) >= 11 is 0. The lowest BCUT2D eigenvalue weighted by atomic mass is 9.61. The molecule has 1 saturated carbocycles. The highest BCUT2D eigenvalue weighted by molar-refractivity contribution is 5.00. The SMILES string of the molecule is CCCC1(C)C(C(C)C)CCC1(C)C. The monoisotopic (exact) mass is 196 g/mol. The van der Waals surface area contributed by atoms with Crippen molar-refractivity contribution in [2.24, 2.45) is 22.7 Å². The maximum absolute atomic E-state index is 2.54. The normalized spacial score (nSPS) is 36.6. The van der Waals surface area contributed by atoms with E-state index in [0.717, 1.165) is 11.8 Å². The van der Waals surface area contributed by atoms with E-state index in [1.807, 2.05) is 0 Å². The van der Waals surface area contributed by atoms with Crippen molar-refractivity contribution in [2.75, 3.05) is 0 Å². The standard InChI is InChI=1S/C14H28/c1-7-9-14(6)12(11(2)3)8-10-13(14,4)5/h11-12H,7-10H2,1-6H3. The van der Waals surface area contributed by atoms with Gasteiger partial charge in [-0.3, -0.25) is 0 Å². The zero-order valence-corrected chi connectivity index (χ0v) is 11.0. The van der Waals surface area contributed by atoms with Crippen molar-refractivity contribution in [3.8, 4) is 0 Å². The Morgan fingerprint density at radius 1 is 1.21 bits per heavy atom. The Hall–Kier alpha value is 0. The van der Waals surface area contributed by atoms with Crippen LogP contribution in [0.15, 0.2) is 0 Å². The number of hydrogen-bond acceptors (Lipinski definition) is 0. The summed E-state index contributed by atoms with van der Waals surface area (Å²) in [6.07, 6.45) is 5.61. The Bertz CT molecular complexity index is 190. The first-order valence-corrected chi connectivity index (χ1v) is 6.35. The Balaban J connectivity index is 2.91. The van der Waals surface area contributed by atoms with Gasteiger partial charge in [-0.05, 0) is 41.9 Å². The molecule has 1 rings (SSSR count). The van der Waals surface area contributed by atoms with Crippen LogP contribution in [0.25, 0.3) is 0 Å². The second-order valence-corrected chi connectivity index (χ2v) is 6.44. The zero-order valence-electron chi connectivity index (χ0n) is 11.0. The third kappa shape index (κ3) is 1.73. The maximum Gasteiger partial charge on any atom is -0.0244 e. The van der Waals surface area contributed by atoms with Crippen LogP contribution in [-0.4, -0.2) is 0 Å². The molecule has 1 fully saturated rings. The fraction of sp³-hybridized carbons (Fsp3) is 1.00. The summed E-state index contributed by atoms with van der Waals surface area (Å²) in [5.41, 5.74) is 1.13. The van der Waals surface area contributed by atoms with Gasteiger partial charge in [0.25, 0.3) is 0 Å². The molecule has 0 radical (unpaired) electrons. The Morgan fingerprint density at radius 2 is 1.79 bits per heavy atom. The fourth-order valence-corrected chi connectivity index (χ4v) is 3.73. The molecule has 0 bridgehead atoms. The fourth-order valence-electron chi connectivity index (χ4n) is 3.73. The van der Waals surface area contributed by atoms with Gasteiger partial charge in [0.15, 0.2) is 0 Å². The summed E-state index contributed by atoms with van der Waals surface area (Å²) in [5.74, 6) is 1.80. The topological polar surface area (TPSA) is 0 Å². The molecule has 0 spiro atoms. The molecule has 0 N–H and O–H groups in total. The Morgan fingerprint density at radius 3 is 2.21 bits per heavy atom. The maximum atomic E-state index is 2.54. The molecule has 0 aromatic rings. The summed E-state index contributed by atoms with van der Waals surface area (Å²) in [6, 6.07) is 0. The van der Waals surface area contributed by atoms with E-state index in [2.05, 4.69) is 41.5 Å². The molecule has 0 saturated heterocycles. The van der Waals surface area contributed by atoms with Gasteiger partial charge < -0.3 is 0 Å². The van der Waals surface area contributed by atoms with Gasteiger partial charge in [0, 0.05) is 0 Å². The van der Waals surface area contributed by atoms with Crippen LogP contribution >= 0.6 is 0 Å². The molecule has 1 aliphatic rings. The summed E-state index contributed by atoms with van der Waals surface area (Å²) in [6.45, 7) is 14.6. The van der Waals surface area contributed by atoms with Crippen molar-refractivity contribution in [3.63, 3.8) is 0 Å². The van der Waals surface area contributed by atoms with Gasteiger partial charge >= 0.3 is 0 Å². The molecule has 0 aliphatic heterocycles. The molecule has 0 nitrogen and oxygen atoms in total. The van der Waals surface area contributed by atoms with Gasteiger partial charge in [-0.25, -0.2) is 0 Å². The minimum Gasteiger partial charge on any atom is -0.0654 e. The molecule has 0 heterocycles. The summed E-state index contributed by atoms with van der Waals surface area (Å²) in [7, 11) is 0. The lowest BCUT2D eigenvalue weighted by Crippen LogP contribution is -2.36. The predicted molar refractivity (Wildman–Crippen MR) is 64.4 cm³/mol. The lowest BCUT2D eigenvalue weighted by Gasteiger charge is -2.44. The van der Waals surface area contributed by atoms with Crippen LogP contribution in [0.2, 0.25) is 0 Å². The molecule has 0 aromatic carbocycles. The molecule has 1 aliphatic carbocycles. The van der Waals surface area contributed by atoms with Gasteiger partial charge in [-0.1, -0.05) is 48.0 Å². The van der Waals surface area contributed by atoms with E-state index in [1.165, 1.54) is 25.7 Å². The highest BCUT2D eigenvalue weighted by Crippen LogP contribution is 2.60. The van der Waals surface area contributed by atoms with Crippen molar-refractivity contribution >= 4 is 0 Å². The van der Waals surface area contributed by atoms with E-state index in [0.29, 0.717) is 10.8 Å². The molecule has 0 amide bonds. The second kappa shape index (κ2) is 3.87. The zero-order chi connectivity index (χ0) is 11.0. The van der Waals surface area contributed by atoms with Crippen LogP contribution in [0.1, 0.15) is 67.2 Å². The second-order valence-electron chi connectivity index (χ2n) is 6.44. The number of rotatable bonds is 3. The molecular formula is C14H28. The van der Waals surface area contributed by atoms with E-state index >= 15 is 0 Å². The van der Waals surface area contributed by atoms with Crippen molar-refractivity contribution in [1.82, 2.24) is 0 Å². The molecule has 0 aromatic heterocycles. The summed E-state index contributed by atoms with van der Waals surface area (Å²) in [5, 5.41) is 0. The van der Waals surface area contributed by atoms with Crippen LogP contribution in [-0.2, 0) is 0 Å². The van der Waals surface area contributed by atoms with Crippen molar-refractivity contribution in [2.45, 2.75) is 67.2 Å². The van der Waals surface area contributed by atoms with E-state index in [4.69, 9.17) is 0 Å². The van der Waals surface area contributed by atoms with Gasteiger partial charge in [0.1, 0.15) is 0 Å². The lowest BCUT2D eigenvalue weighted by molar-refractivity contribution is 0.0495. The van der Waals surface area contributed by atoms with Crippen LogP contribution in [0.4, 0.5) is 0 Å². The minimum absolute atomic E-state index is 0.554. The average Bonchev–Trinajstić information content (AvgIpc) is 2.24. The first kappa shape index (κ1) is 12.1. The van der Waals surface area contributed by atoms with E-state index in [9.17, 15) is 0 Å². The predicted octanol–water partition coefficient (Wildman–Crippen LogP) is 4.89. The van der Waals surface area contributed by atoms with Crippen LogP contribution in [0.5, 0.6) is 0 Å². The summed E-state index contributed by atoms with van der Waals surface area (Å²) < 4.78 is 0. The molecular weight excluding hydrogens is 168 g/mol. The van der Waals surface area contributed by atoms with E-state index < -0.39 is 0 Å². The average molecular weight is 196 g/mol. The Labute approximate surface area is 90.5 Å². The highest BCUT2D eigenvalue weighted by Gasteiger charge is 2.51. The van der Waals surface area contributed by atoms with Crippen molar-refractivity contribution in [3.05, 3.63) is 0 Å². The van der Waals surface area contributed by atoms with Gasteiger partial charge in [-0.15, -0.1) is 0 Å². The largest absolute Gasteiger partial charge is 0.0654 e.